The average Bonchev–Trinajstić information content (AvgIpc) is 2.43. The normalized spacial score (nSPS) is 25.7. The highest BCUT2D eigenvalue weighted by molar-refractivity contribution is 4.73. The van der Waals surface area contributed by atoms with Crippen LogP contribution < -0.4 is 5.32 Å². The van der Waals surface area contributed by atoms with Gasteiger partial charge in [0.15, 0.2) is 0 Å². The molecule has 0 amide bonds. The molecule has 1 rings (SSSR count). The number of rotatable bonds is 5. The lowest BCUT2D eigenvalue weighted by Gasteiger charge is -2.21. The summed E-state index contributed by atoms with van der Waals surface area (Å²) in [5.41, 5.74) is 0. The van der Waals surface area contributed by atoms with Crippen molar-refractivity contribution in [2.45, 2.75) is 45.2 Å². The van der Waals surface area contributed by atoms with Crippen molar-refractivity contribution in [3.8, 4) is 0 Å². The van der Waals surface area contributed by atoms with Gasteiger partial charge in [-0.2, -0.15) is 0 Å². The molecular weight excluding hydrogens is 178 g/mol. The molecular formula is C11H23NO2. The molecule has 0 aromatic heterocycles. The Hall–Kier alpha value is -0.120. The van der Waals surface area contributed by atoms with E-state index in [1.165, 1.54) is 12.8 Å². The largest absolute Gasteiger partial charge is 0.381 e. The number of ether oxygens (including phenoxy) is 2. The molecule has 1 fully saturated rings. The van der Waals surface area contributed by atoms with E-state index < -0.39 is 0 Å². The Bertz CT molecular complexity index is 133. The smallest absolute Gasteiger partial charge is 0.0616 e. The van der Waals surface area contributed by atoms with E-state index in [1.807, 2.05) is 6.92 Å². The molecule has 1 aliphatic rings. The Morgan fingerprint density at radius 1 is 1.43 bits per heavy atom. The highest BCUT2D eigenvalue weighted by atomic mass is 16.5. The van der Waals surface area contributed by atoms with E-state index in [0.29, 0.717) is 12.1 Å². The molecule has 0 spiro atoms. The van der Waals surface area contributed by atoms with Gasteiger partial charge in [0.1, 0.15) is 0 Å². The fourth-order valence-corrected chi connectivity index (χ4v) is 1.82. The standard InChI is InChI=1S/C11H23NO2/c1-3-13-9-10(2)12-11-5-4-7-14-8-6-11/h10-12H,3-9H2,1-2H3. The third-order valence-electron chi connectivity index (χ3n) is 2.54. The quantitative estimate of drug-likeness (QED) is 0.732. The van der Waals surface area contributed by atoms with E-state index in [9.17, 15) is 0 Å². The van der Waals surface area contributed by atoms with Crippen LogP contribution in [0.3, 0.4) is 0 Å². The summed E-state index contributed by atoms with van der Waals surface area (Å²) in [5, 5.41) is 3.59. The van der Waals surface area contributed by atoms with E-state index >= 15 is 0 Å². The minimum absolute atomic E-state index is 0.457. The molecule has 3 heteroatoms. The van der Waals surface area contributed by atoms with E-state index in [1.54, 1.807) is 0 Å². The summed E-state index contributed by atoms with van der Waals surface area (Å²) in [6.07, 6.45) is 3.55. The molecule has 2 atom stereocenters. The highest BCUT2D eigenvalue weighted by Gasteiger charge is 2.14. The molecule has 0 saturated carbocycles. The first-order chi connectivity index (χ1) is 6.83. The number of hydrogen-bond donors (Lipinski definition) is 1. The van der Waals surface area contributed by atoms with Crippen molar-refractivity contribution < 1.29 is 9.47 Å². The maximum atomic E-state index is 5.42. The van der Waals surface area contributed by atoms with Gasteiger partial charge in [0.25, 0.3) is 0 Å². The lowest BCUT2D eigenvalue weighted by molar-refractivity contribution is 0.120. The SMILES string of the molecule is CCOCC(C)NC1CCCOCC1. The fraction of sp³-hybridized carbons (Fsp3) is 1.00. The van der Waals surface area contributed by atoms with Gasteiger partial charge >= 0.3 is 0 Å². The molecule has 1 saturated heterocycles. The van der Waals surface area contributed by atoms with Crippen molar-refractivity contribution in [1.29, 1.82) is 0 Å². The van der Waals surface area contributed by atoms with E-state index in [4.69, 9.17) is 9.47 Å². The second kappa shape index (κ2) is 7.21. The third kappa shape index (κ3) is 4.94. The van der Waals surface area contributed by atoms with Crippen LogP contribution in [0.15, 0.2) is 0 Å². The van der Waals surface area contributed by atoms with Crippen LogP contribution in [0.25, 0.3) is 0 Å². The molecule has 1 N–H and O–H groups in total. The average molecular weight is 201 g/mol. The summed E-state index contributed by atoms with van der Waals surface area (Å²) >= 11 is 0. The predicted octanol–water partition coefficient (Wildman–Crippen LogP) is 1.57. The Balaban J connectivity index is 2.13. The van der Waals surface area contributed by atoms with Gasteiger partial charge in [-0.05, 0) is 33.1 Å². The molecule has 0 aromatic carbocycles. The van der Waals surface area contributed by atoms with Gasteiger partial charge in [0, 0.05) is 31.9 Å². The summed E-state index contributed by atoms with van der Waals surface area (Å²) in [6.45, 7) is 7.66. The van der Waals surface area contributed by atoms with Crippen molar-refractivity contribution in [2.24, 2.45) is 0 Å². The van der Waals surface area contributed by atoms with Gasteiger partial charge in [-0.3, -0.25) is 0 Å². The zero-order chi connectivity index (χ0) is 10.2. The second-order valence-corrected chi connectivity index (χ2v) is 3.97. The maximum Gasteiger partial charge on any atom is 0.0616 e. The zero-order valence-corrected chi connectivity index (χ0v) is 9.42. The molecule has 1 heterocycles. The summed E-state index contributed by atoms with van der Waals surface area (Å²) in [6, 6.07) is 1.08. The molecule has 0 aromatic rings. The molecule has 1 aliphatic heterocycles. The summed E-state index contributed by atoms with van der Waals surface area (Å²) < 4.78 is 10.8. The van der Waals surface area contributed by atoms with E-state index in [2.05, 4.69) is 12.2 Å². The number of hydrogen-bond acceptors (Lipinski definition) is 3. The van der Waals surface area contributed by atoms with Crippen LogP contribution in [0.4, 0.5) is 0 Å². The van der Waals surface area contributed by atoms with Crippen LogP contribution in [0.1, 0.15) is 33.1 Å². The third-order valence-corrected chi connectivity index (χ3v) is 2.54. The molecule has 14 heavy (non-hydrogen) atoms. The van der Waals surface area contributed by atoms with Gasteiger partial charge in [0.05, 0.1) is 6.61 Å². The van der Waals surface area contributed by atoms with Gasteiger partial charge in [-0.25, -0.2) is 0 Å². The topological polar surface area (TPSA) is 30.5 Å². The van der Waals surface area contributed by atoms with Crippen LogP contribution in [0.5, 0.6) is 0 Å². The Labute approximate surface area is 87.2 Å². The Morgan fingerprint density at radius 2 is 2.29 bits per heavy atom. The van der Waals surface area contributed by atoms with Crippen LogP contribution in [0, 0.1) is 0 Å². The second-order valence-electron chi connectivity index (χ2n) is 3.97. The minimum Gasteiger partial charge on any atom is -0.381 e. The zero-order valence-electron chi connectivity index (χ0n) is 9.42. The number of nitrogens with one attached hydrogen (secondary N) is 1. The van der Waals surface area contributed by atoms with Crippen molar-refractivity contribution >= 4 is 0 Å². The molecule has 0 aliphatic carbocycles. The molecule has 3 nitrogen and oxygen atoms in total. The van der Waals surface area contributed by atoms with Crippen LogP contribution in [-0.4, -0.2) is 38.5 Å². The van der Waals surface area contributed by atoms with Gasteiger partial charge < -0.3 is 14.8 Å². The first-order valence-electron chi connectivity index (χ1n) is 5.74. The molecule has 0 radical (unpaired) electrons. The van der Waals surface area contributed by atoms with Gasteiger partial charge in [0.2, 0.25) is 0 Å². The first-order valence-corrected chi connectivity index (χ1v) is 5.74. The first kappa shape index (κ1) is 12.0. The van der Waals surface area contributed by atoms with Crippen molar-refractivity contribution in [2.75, 3.05) is 26.4 Å². The van der Waals surface area contributed by atoms with Gasteiger partial charge in [-0.1, -0.05) is 0 Å². The summed E-state index contributed by atoms with van der Waals surface area (Å²) in [7, 11) is 0. The van der Waals surface area contributed by atoms with Gasteiger partial charge in [-0.15, -0.1) is 0 Å². The molecule has 84 valence electrons. The minimum atomic E-state index is 0.457. The van der Waals surface area contributed by atoms with Crippen molar-refractivity contribution in [1.82, 2.24) is 5.32 Å². The van der Waals surface area contributed by atoms with Crippen LogP contribution >= 0.6 is 0 Å². The fourth-order valence-electron chi connectivity index (χ4n) is 1.82. The van der Waals surface area contributed by atoms with Crippen molar-refractivity contribution in [3.63, 3.8) is 0 Å². The Morgan fingerprint density at radius 3 is 3.07 bits per heavy atom. The monoisotopic (exact) mass is 201 g/mol. The lowest BCUT2D eigenvalue weighted by Crippen LogP contribution is -2.39. The summed E-state index contributed by atoms with van der Waals surface area (Å²) in [4.78, 5) is 0. The van der Waals surface area contributed by atoms with Crippen molar-refractivity contribution in [3.05, 3.63) is 0 Å². The Kier molecular flexibility index (Phi) is 6.15. The van der Waals surface area contributed by atoms with E-state index in [0.717, 1.165) is 32.8 Å². The van der Waals surface area contributed by atoms with E-state index in [-0.39, 0.29) is 0 Å². The van der Waals surface area contributed by atoms with Crippen LogP contribution in [0.2, 0.25) is 0 Å². The molecule has 2 unspecified atom stereocenters. The highest BCUT2D eigenvalue weighted by Crippen LogP contribution is 2.08. The lowest BCUT2D eigenvalue weighted by atomic mass is 10.1. The predicted molar refractivity (Wildman–Crippen MR) is 57.5 cm³/mol. The summed E-state index contributed by atoms with van der Waals surface area (Å²) in [5.74, 6) is 0. The maximum absolute atomic E-state index is 5.42. The van der Waals surface area contributed by atoms with Crippen LogP contribution in [-0.2, 0) is 9.47 Å². The molecule has 0 bridgehead atoms.